The van der Waals surface area contributed by atoms with Gasteiger partial charge in [-0.3, -0.25) is 0 Å². The number of hydrogen-bond acceptors (Lipinski definition) is 0. The highest BCUT2D eigenvalue weighted by Crippen LogP contribution is 2.05. The van der Waals surface area contributed by atoms with E-state index in [1.54, 1.807) is 0 Å². The topological polar surface area (TPSA) is 0 Å². The van der Waals surface area contributed by atoms with Crippen molar-refractivity contribution in [3.63, 3.8) is 0 Å². The minimum atomic E-state index is 0. The average molecular weight is 182 g/mol. The average Bonchev–Trinajstić information content (AvgIpc) is 2.07. The molecule has 1 rings (SSSR count). The highest BCUT2D eigenvalue weighted by Gasteiger charge is 1.89. The lowest BCUT2D eigenvalue weighted by atomic mass is 10.1. The van der Waals surface area contributed by atoms with Gasteiger partial charge in [-0.25, -0.2) is 0 Å². The molecule has 0 nitrogen and oxygen atoms in total. The van der Waals surface area contributed by atoms with E-state index in [9.17, 15) is 0 Å². The van der Waals surface area contributed by atoms with E-state index in [1.807, 2.05) is 0 Å². The summed E-state index contributed by atoms with van der Waals surface area (Å²) in [5.74, 6) is 0. The Bertz CT molecular complexity index is 181. The minimum absolute atomic E-state index is 0. The van der Waals surface area contributed by atoms with Crippen molar-refractivity contribution in [2.75, 3.05) is 0 Å². The quantitative estimate of drug-likeness (QED) is 0.625. The van der Waals surface area contributed by atoms with Crippen molar-refractivity contribution in [1.82, 2.24) is 0 Å². The zero-order valence-corrected chi connectivity index (χ0v) is 8.72. The Balaban J connectivity index is 0.00000121. The fourth-order valence-electron chi connectivity index (χ4n) is 1.22. The molecule has 0 aliphatic heterocycles. The fourth-order valence-corrected chi connectivity index (χ4v) is 1.22. The third-order valence-corrected chi connectivity index (χ3v) is 1.91. The second kappa shape index (κ2) is 7.23. The second-order valence-electron chi connectivity index (χ2n) is 2.94. The molecule has 0 bridgehead atoms. The van der Waals surface area contributed by atoms with E-state index in [4.69, 9.17) is 0 Å². The molecule has 0 N–H and O–H groups in total. The van der Waals surface area contributed by atoms with E-state index in [1.165, 1.54) is 31.2 Å². The van der Waals surface area contributed by atoms with Gasteiger partial charge in [0, 0.05) is 0 Å². The molecule has 1 aromatic carbocycles. The summed E-state index contributed by atoms with van der Waals surface area (Å²) in [6.07, 6.45) is 5.25. The third-order valence-electron chi connectivity index (χ3n) is 1.91. The largest absolute Gasteiger partial charge is 0.197 e. The van der Waals surface area contributed by atoms with Gasteiger partial charge in [0.05, 0.1) is 0 Å². The maximum Gasteiger partial charge on any atom is -0.0279 e. The van der Waals surface area contributed by atoms with Gasteiger partial charge in [-0.1, -0.05) is 50.1 Å². The van der Waals surface area contributed by atoms with Crippen molar-refractivity contribution in [3.8, 4) is 0 Å². The van der Waals surface area contributed by atoms with Crippen molar-refractivity contribution < 1.29 is 0 Å². The summed E-state index contributed by atoms with van der Waals surface area (Å²) in [5, 5.41) is 0. The lowest BCUT2D eigenvalue weighted by Gasteiger charge is -1.98. The molecular formula is C11H18S. The molecule has 0 unspecified atom stereocenters. The first-order chi connectivity index (χ1) is 5.43. The standard InChI is InChI=1S/C11H16.H2S/c1-2-3-5-8-11-9-6-4-7-10-11;/h4,6-7,9-10H,2-3,5,8H2,1H3;1H2. The van der Waals surface area contributed by atoms with Crippen LogP contribution in [0.25, 0.3) is 0 Å². The summed E-state index contributed by atoms with van der Waals surface area (Å²) in [4.78, 5) is 0. The van der Waals surface area contributed by atoms with E-state index in [2.05, 4.69) is 37.3 Å². The van der Waals surface area contributed by atoms with Crippen LogP contribution in [0.15, 0.2) is 30.3 Å². The SMILES string of the molecule is CCCCCc1ccccc1.S. The summed E-state index contributed by atoms with van der Waals surface area (Å²) in [5.41, 5.74) is 1.47. The fraction of sp³-hybridized carbons (Fsp3) is 0.455. The first-order valence-electron chi connectivity index (χ1n) is 4.47. The predicted molar refractivity (Wildman–Crippen MR) is 60.1 cm³/mol. The second-order valence-corrected chi connectivity index (χ2v) is 2.94. The number of unbranched alkanes of at least 4 members (excludes halogenated alkanes) is 2. The molecule has 0 atom stereocenters. The van der Waals surface area contributed by atoms with Crippen LogP contribution in [0.5, 0.6) is 0 Å². The number of hydrogen-bond donors (Lipinski definition) is 0. The highest BCUT2D eigenvalue weighted by molar-refractivity contribution is 7.59. The molecule has 0 aromatic heterocycles. The Morgan fingerprint density at radius 2 is 1.67 bits per heavy atom. The predicted octanol–water partition coefficient (Wildman–Crippen LogP) is 3.53. The van der Waals surface area contributed by atoms with Crippen LogP contribution in [0.1, 0.15) is 31.7 Å². The molecular weight excluding hydrogens is 164 g/mol. The minimum Gasteiger partial charge on any atom is -0.197 e. The molecule has 12 heavy (non-hydrogen) atoms. The van der Waals surface area contributed by atoms with E-state index in [-0.39, 0.29) is 13.5 Å². The normalized spacial score (nSPS) is 9.08. The molecule has 0 amide bonds. The lowest BCUT2D eigenvalue weighted by molar-refractivity contribution is 0.717. The van der Waals surface area contributed by atoms with Crippen LogP contribution in [0.3, 0.4) is 0 Å². The van der Waals surface area contributed by atoms with E-state index >= 15 is 0 Å². The van der Waals surface area contributed by atoms with E-state index in [0.717, 1.165) is 0 Å². The van der Waals surface area contributed by atoms with E-state index < -0.39 is 0 Å². The van der Waals surface area contributed by atoms with Crippen molar-refractivity contribution in [2.24, 2.45) is 0 Å². The molecule has 68 valence electrons. The van der Waals surface area contributed by atoms with Gasteiger partial charge in [0.15, 0.2) is 0 Å². The van der Waals surface area contributed by atoms with Gasteiger partial charge in [-0.05, 0) is 18.4 Å². The summed E-state index contributed by atoms with van der Waals surface area (Å²) >= 11 is 0. The van der Waals surface area contributed by atoms with Crippen LogP contribution in [0.2, 0.25) is 0 Å². The smallest absolute Gasteiger partial charge is 0.0279 e. The maximum absolute atomic E-state index is 2.24. The molecule has 0 spiro atoms. The molecule has 0 radical (unpaired) electrons. The Morgan fingerprint density at radius 1 is 1.00 bits per heavy atom. The third kappa shape index (κ3) is 4.45. The monoisotopic (exact) mass is 182 g/mol. The van der Waals surface area contributed by atoms with Gasteiger partial charge in [0.1, 0.15) is 0 Å². The number of benzene rings is 1. The molecule has 1 aromatic rings. The van der Waals surface area contributed by atoms with Crippen molar-refractivity contribution in [2.45, 2.75) is 32.6 Å². The Morgan fingerprint density at radius 3 is 2.25 bits per heavy atom. The molecule has 0 heterocycles. The first kappa shape index (κ1) is 11.6. The van der Waals surface area contributed by atoms with Crippen molar-refractivity contribution in [1.29, 1.82) is 0 Å². The summed E-state index contributed by atoms with van der Waals surface area (Å²) in [6.45, 7) is 2.24. The number of rotatable bonds is 4. The van der Waals surface area contributed by atoms with Crippen LogP contribution in [0, 0.1) is 0 Å². The van der Waals surface area contributed by atoms with Crippen LogP contribution >= 0.6 is 13.5 Å². The van der Waals surface area contributed by atoms with Crippen LogP contribution < -0.4 is 0 Å². The summed E-state index contributed by atoms with van der Waals surface area (Å²) in [7, 11) is 0. The Labute approximate surface area is 82.4 Å². The van der Waals surface area contributed by atoms with Crippen LogP contribution in [0.4, 0.5) is 0 Å². The van der Waals surface area contributed by atoms with Gasteiger partial charge in [-0.15, -0.1) is 0 Å². The van der Waals surface area contributed by atoms with Crippen molar-refractivity contribution in [3.05, 3.63) is 35.9 Å². The van der Waals surface area contributed by atoms with Crippen LogP contribution in [-0.2, 0) is 6.42 Å². The molecule has 0 aliphatic carbocycles. The van der Waals surface area contributed by atoms with Crippen LogP contribution in [-0.4, -0.2) is 0 Å². The van der Waals surface area contributed by atoms with E-state index in [0.29, 0.717) is 0 Å². The molecule has 1 heteroatoms. The first-order valence-corrected chi connectivity index (χ1v) is 4.47. The van der Waals surface area contributed by atoms with Gasteiger partial charge in [0.2, 0.25) is 0 Å². The summed E-state index contributed by atoms with van der Waals surface area (Å²) in [6, 6.07) is 10.7. The lowest BCUT2D eigenvalue weighted by Crippen LogP contribution is -1.83. The van der Waals surface area contributed by atoms with Crippen molar-refractivity contribution >= 4 is 13.5 Å². The van der Waals surface area contributed by atoms with Gasteiger partial charge in [-0.2, -0.15) is 13.5 Å². The zero-order valence-electron chi connectivity index (χ0n) is 7.72. The summed E-state index contributed by atoms with van der Waals surface area (Å²) < 4.78 is 0. The zero-order chi connectivity index (χ0) is 7.94. The molecule has 0 saturated carbocycles. The highest BCUT2D eigenvalue weighted by atomic mass is 32.1. The van der Waals surface area contributed by atoms with Gasteiger partial charge in [0.25, 0.3) is 0 Å². The molecule has 0 aliphatic rings. The number of aryl methyl sites for hydroxylation is 1. The Hall–Kier alpha value is -0.430. The maximum atomic E-state index is 2.24. The molecule has 0 saturated heterocycles. The van der Waals surface area contributed by atoms with Gasteiger partial charge >= 0.3 is 0 Å². The molecule has 0 fully saturated rings. The van der Waals surface area contributed by atoms with Gasteiger partial charge < -0.3 is 0 Å². The Kier molecular flexibility index (Phi) is 6.97.